The third kappa shape index (κ3) is 3.36. The van der Waals surface area contributed by atoms with Crippen molar-refractivity contribution >= 4 is 16.2 Å². The third-order valence-corrected chi connectivity index (χ3v) is 5.08. The molecule has 6 nitrogen and oxygen atoms in total. The Morgan fingerprint density at radius 3 is 2.30 bits per heavy atom. The summed E-state index contributed by atoms with van der Waals surface area (Å²) in [6.45, 7) is 2.85. The molecule has 0 saturated carbocycles. The zero-order valence-corrected chi connectivity index (χ0v) is 12.1. The molecule has 7 heteroatoms. The van der Waals surface area contributed by atoms with E-state index in [1.807, 2.05) is 0 Å². The van der Waals surface area contributed by atoms with E-state index in [1.165, 1.54) is 16.4 Å². The number of aromatic carboxylic acids is 1. The Balaban J connectivity index is 2.07. The summed E-state index contributed by atoms with van der Waals surface area (Å²) in [5, 5.41) is 8.83. The first-order valence-electron chi connectivity index (χ1n) is 6.51. The summed E-state index contributed by atoms with van der Waals surface area (Å²) in [7, 11) is -3.47. The van der Waals surface area contributed by atoms with Crippen molar-refractivity contribution in [3.8, 4) is 0 Å². The lowest BCUT2D eigenvalue weighted by Crippen LogP contribution is -2.40. The van der Waals surface area contributed by atoms with Crippen LogP contribution in [-0.4, -0.2) is 36.9 Å². The monoisotopic (exact) mass is 298 g/mol. The summed E-state index contributed by atoms with van der Waals surface area (Å²) in [5.41, 5.74) is 0.918. The number of carboxylic acids is 1. The van der Waals surface area contributed by atoms with Crippen molar-refractivity contribution in [2.75, 3.05) is 13.1 Å². The predicted octanol–water partition coefficient (Wildman–Crippen LogP) is 1.38. The van der Waals surface area contributed by atoms with Gasteiger partial charge in [-0.2, -0.15) is 17.4 Å². The fourth-order valence-corrected chi connectivity index (χ4v) is 3.68. The summed E-state index contributed by atoms with van der Waals surface area (Å²) in [6, 6.07) is 5.79. The second-order valence-corrected chi connectivity index (χ2v) is 6.58. The Hall–Kier alpha value is -1.44. The number of carboxylic acid groups (broad SMARTS) is 1. The smallest absolute Gasteiger partial charge is 0.335 e. The highest BCUT2D eigenvalue weighted by Crippen LogP contribution is 2.18. The molecule has 1 aromatic carbocycles. The molecule has 110 valence electrons. The number of rotatable bonds is 5. The molecule has 1 heterocycles. The van der Waals surface area contributed by atoms with Gasteiger partial charge in [0.1, 0.15) is 0 Å². The molecule has 2 N–H and O–H groups in total. The highest BCUT2D eigenvalue weighted by atomic mass is 32.2. The number of nitrogens with one attached hydrogen (secondary N) is 1. The average molecular weight is 298 g/mol. The van der Waals surface area contributed by atoms with E-state index in [1.54, 1.807) is 19.1 Å². The number of nitrogens with zero attached hydrogens (tertiary/aromatic N) is 1. The second-order valence-electron chi connectivity index (χ2n) is 4.88. The van der Waals surface area contributed by atoms with Crippen LogP contribution < -0.4 is 4.72 Å². The van der Waals surface area contributed by atoms with Gasteiger partial charge >= 0.3 is 5.97 Å². The van der Waals surface area contributed by atoms with Crippen LogP contribution in [0.5, 0.6) is 0 Å². The van der Waals surface area contributed by atoms with Crippen molar-refractivity contribution in [3.63, 3.8) is 0 Å². The third-order valence-electron chi connectivity index (χ3n) is 3.39. The molecule has 1 aromatic rings. The van der Waals surface area contributed by atoms with E-state index in [0.29, 0.717) is 13.1 Å². The second kappa shape index (κ2) is 5.90. The van der Waals surface area contributed by atoms with Crippen molar-refractivity contribution in [3.05, 3.63) is 35.4 Å². The molecule has 1 aliphatic heterocycles. The van der Waals surface area contributed by atoms with Gasteiger partial charge in [-0.15, -0.1) is 0 Å². The Morgan fingerprint density at radius 2 is 1.80 bits per heavy atom. The minimum atomic E-state index is -3.47. The molecule has 20 heavy (non-hydrogen) atoms. The first-order chi connectivity index (χ1) is 9.40. The van der Waals surface area contributed by atoms with Crippen LogP contribution in [-0.2, 0) is 10.2 Å². The van der Waals surface area contributed by atoms with Crippen LogP contribution in [0.4, 0.5) is 0 Å². The fraction of sp³-hybridized carbons (Fsp3) is 0.462. The Labute approximate surface area is 118 Å². The topological polar surface area (TPSA) is 86.7 Å². The SMILES string of the molecule is C[C@@H](NS(=O)(=O)N1CCCC1)c1ccc(C(=O)O)cc1. The van der Waals surface area contributed by atoms with Gasteiger partial charge in [-0.25, -0.2) is 4.79 Å². The van der Waals surface area contributed by atoms with Crippen LogP contribution in [0.25, 0.3) is 0 Å². The minimum Gasteiger partial charge on any atom is -0.478 e. The van der Waals surface area contributed by atoms with Crippen molar-refractivity contribution in [1.29, 1.82) is 0 Å². The normalized spacial score (nSPS) is 18.1. The quantitative estimate of drug-likeness (QED) is 0.859. The van der Waals surface area contributed by atoms with E-state index in [0.717, 1.165) is 18.4 Å². The lowest BCUT2D eigenvalue weighted by atomic mass is 10.1. The van der Waals surface area contributed by atoms with E-state index < -0.39 is 22.2 Å². The van der Waals surface area contributed by atoms with Crippen LogP contribution >= 0.6 is 0 Å². The molecule has 0 bridgehead atoms. The van der Waals surface area contributed by atoms with E-state index in [9.17, 15) is 13.2 Å². The first-order valence-corrected chi connectivity index (χ1v) is 7.95. The summed E-state index contributed by atoms with van der Waals surface area (Å²) < 4.78 is 28.3. The van der Waals surface area contributed by atoms with Gasteiger partial charge in [0.2, 0.25) is 0 Å². The van der Waals surface area contributed by atoms with Gasteiger partial charge in [0.05, 0.1) is 5.56 Å². The Bertz CT molecular complexity index is 577. The van der Waals surface area contributed by atoms with Gasteiger partial charge in [-0.1, -0.05) is 12.1 Å². The predicted molar refractivity (Wildman–Crippen MR) is 74.7 cm³/mol. The maximum Gasteiger partial charge on any atom is 0.335 e. The highest BCUT2D eigenvalue weighted by Gasteiger charge is 2.26. The van der Waals surface area contributed by atoms with Gasteiger partial charge in [-0.05, 0) is 37.5 Å². The van der Waals surface area contributed by atoms with Crippen molar-refractivity contribution in [1.82, 2.24) is 9.03 Å². The van der Waals surface area contributed by atoms with Crippen LogP contribution in [0.2, 0.25) is 0 Å². The first kappa shape index (κ1) is 15.0. The summed E-state index contributed by atoms with van der Waals surface area (Å²) in [6.07, 6.45) is 1.78. The summed E-state index contributed by atoms with van der Waals surface area (Å²) >= 11 is 0. The maximum absolute atomic E-state index is 12.1. The van der Waals surface area contributed by atoms with Crippen LogP contribution in [0.15, 0.2) is 24.3 Å². The molecule has 1 aliphatic rings. The maximum atomic E-state index is 12.1. The molecule has 0 aromatic heterocycles. The number of hydrogen-bond acceptors (Lipinski definition) is 3. The molecule has 1 fully saturated rings. The molecule has 2 rings (SSSR count). The van der Waals surface area contributed by atoms with Crippen LogP contribution in [0.3, 0.4) is 0 Å². The molecular formula is C13H18N2O4S. The number of benzene rings is 1. The molecule has 1 saturated heterocycles. The largest absolute Gasteiger partial charge is 0.478 e. The standard InChI is InChI=1S/C13H18N2O4S/c1-10(11-4-6-12(7-5-11)13(16)17)14-20(18,19)15-8-2-3-9-15/h4-7,10,14H,2-3,8-9H2,1H3,(H,16,17)/t10-/m1/s1. The zero-order chi connectivity index (χ0) is 14.8. The van der Waals surface area contributed by atoms with E-state index in [2.05, 4.69) is 4.72 Å². The van der Waals surface area contributed by atoms with Crippen molar-refractivity contribution in [2.24, 2.45) is 0 Å². The fourth-order valence-electron chi connectivity index (χ4n) is 2.21. The molecule has 0 radical (unpaired) electrons. The lowest BCUT2D eigenvalue weighted by Gasteiger charge is -2.20. The molecule has 0 amide bonds. The van der Waals surface area contributed by atoms with Crippen LogP contribution in [0.1, 0.15) is 41.7 Å². The molecule has 1 atom stereocenters. The highest BCUT2D eigenvalue weighted by molar-refractivity contribution is 7.87. The van der Waals surface area contributed by atoms with E-state index in [4.69, 9.17) is 5.11 Å². The van der Waals surface area contributed by atoms with Gasteiger partial charge in [0.25, 0.3) is 10.2 Å². The number of carbonyl (C=O) groups is 1. The van der Waals surface area contributed by atoms with Gasteiger partial charge in [-0.3, -0.25) is 0 Å². The molecular weight excluding hydrogens is 280 g/mol. The van der Waals surface area contributed by atoms with Gasteiger partial charge in [0.15, 0.2) is 0 Å². The summed E-state index contributed by atoms with van der Waals surface area (Å²) in [5.74, 6) is -0.998. The summed E-state index contributed by atoms with van der Waals surface area (Å²) in [4.78, 5) is 10.8. The van der Waals surface area contributed by atoms with Gasteiger partial charge in [0, 0.05) is 19.1 Å². The molecule has 0 unspecified atom stereocenters. The Kier molecular flexibility index (Phi) is 4.42. The van der Waals surface area contributed by atoms with Crippen LogP contribution in [0, 0.1) is 0 Å². The van der Waals surface area contributed by atoms with Crippen molar-refractivity contribution in [2.45, 2.75) is 25.8 Å². The number of hydrogen-bond donors (Lipinski definition) is 2. The lowest BCUT2D eigenvalue weighted by molar-refractivity contribution is 0.0697. The zero-order valence-electron chi connectivity index (χ0n) is 11.2. The Morgan fingerprint density at radius 1 is 1.25 bits per heavy atom. The average Bonchev–Trinajstić information content (AvgIpc) is 2.93. The van der Waals surface area contributed by atoms with Crippen molar-refractivity contribution < 1.29 is 18.3 Å². The van der Waals surface area contributed by atoms with Gasteiger partial charge < -0.3 is 5.11 Å². The molecule has 0 spiro atoms. The van der Waals surface area contributed by atoms with E-state index in [-0.39, 0.29) is 5.56 Å². The molecule has 0 aliphatic carbocycles. The van der Waals surface area contributed by atoms with E-state index >= 15 is 0 Å². The minimum absolute atomic E-state index is 0.184.